The van der Waals surface area contributed by atoms with Gasteiger partial charge in [0.05, 0.1) is 12.8 Å². The highest BCUT2D eigenvalue weighted by Crippen LogP contribution is 2.26. The number of nitrogens with zero attached hydrogens (tertiary/aromatic N) is 3. The van der Waals surface area contributed by atoms with Crippen LogP contribution in [0.4, 0.5) is 0 Å². The summed E-state index contributed by atoms with van der Waals surface area (Å²) in [5.41, 5.74) is 0. The molecule has 1 fully saturated rings. The summed E-state index contributed by atoms with van der Waals surface area (Å²) < 4.78 is 29.4. The molecule has 2 rings (SSSR count). The van der Waals surface area contributed by atoms with Gasteiger partial charge in [0.15, 0.2) is 5.82 Å². The van der Waals surface area contributed by atoms with E-state index in [9.17, 15) is 13.2 Å². The van der Waals surface area contributed by atoms with E-state index in [0.717, 1.165) is 0 Å². The van der Waals surface area contributed by atoms with Crippen LogP contribution < -0.4 is 5.32 Å². The molecule has 0 bridgehead atoms. The van der Waals surface area contributed by atoms with Gasteiger partial charge in [0.2, 0.25) is 21.8 Å². The van der Waals surface area contributed by atoms with Crippen molar-refractivity contribution in [3.63, 3.8) is 0 Å². The molecule has 1 saturated heterocycles. The Hall–Kier alpha value is -1.48. The van der Waals surface area contributed by atoms with Crippen LogP contribution in [0.15, 0.2) is 4.52 Å². The normalized spacial score (nSPS) is 18.1. The molecule has 2 heterocycles. The van der Waals surface area contributed by atoms with Crippen LogP contribution >= 0.6 is 0 Å². The molecule has 0 unspecified atom stereocenters. The second-order valence-electron chi connectivity index (χ2n) is 4.89. The molecule has 1 aliphatic rings. The number of hydrogen-bond donors (Lipinski definition) is 1. The van der Waals surface area contributed by atoms with Gasteiger partial charge in [-0.15, -0.1) is 0 Å². The van der Waals surface area contributed by atoms with Crippen LogP contribution in [0.5, 0.6) is 0 Å². The van der Waals surface area contributed by atoms with Crippen molar-refractivity contribution in [3.05, 3.63) is 11.7 Å². The predicted molar refractivity (Wildman–Crippen MR) is 70.2 cm³/mol. The number of sulfonamides is 1. The number of carbonyl (C=O) groups is 1. The summed E-state index contributed by atoms with van der Waals surface area (Å²) >= 11 is 0. The molecule has 1 aliphatic heterocycles. The van der Waals surface area contributed by atoms with E-state index in [4.69, 9.17) is 4.52 Å². The van der Waals surface area contributed by atoms with E-state index in [-0.39, 0.29) is 18.4 Å². The van der Waals surface area contributed by atoms with Gasteiger partial charge in [-0.2, -0.15) is 4.98 Å². The van der Waals surface area contributed by atoms with Gasteiger partial charge < -0.3 is 9.84 Å². The predicted octanol–water partition coefficient (Wildman–Crippen LogP) is -0.155. The molecule has 1 aromatic rings. The SMILES string of the molecule is CC(=O)NCc1nc(C2CCN(S(C)(=O)=O)CC2)no1. The average molecular weight is 302 g/mol. The van der Waals surface area contributed by atoms with Gasteiger partial charge in [-0.05, 0) is 12.8 Å². The zero-order valence-electron chi connectivity index (χ0n) is 11.5. The number of amides is 1. The molecule has 0 saturated carbocycles. The Morgan fingerprint density at radius 1 is 1.45 bits per heavy atom. The fraction of sp³-hybridized carbons (Fsp3) is 0.727. The zero-order chi connectivity index (χ0) is 14.8. The van der Waals surface area contributed by atoms with E-state index in [1.54, 1.807) is 0 Å². The highest BCUT2D eigenvalue weighted by Gasteiger charge is 2.28. The molecule has 0 spiro atoms. The maximum absolute atomic E-state index is 11.4. The summed E-state index contributed by atoms with van der Waals surface area (Å²) in [7, 11) is -3.12. The third-order valence-electron chi connectivity index (χ3n) is 3.26. The van der Waals surface area contributed by atoms with E-state index in [0.29, 0.717) is 37.6 Å². The van der Waals surface area contributed by atoms with E-state index >= 15 is 0 Å². The Bertz CT molecular complexity index is 575. The Morgan fingerprint density at radius 2 is 2.10 bits per heavy atom. The van der Waals surface area contributed by atoms with Crippen LogP contribution in [0.25, 0.3) is 0 Å². The van der Waals surface area contributed by atoms with Gasteiger partial charge in [0, 0.05) is 25.9 Å². The molecule has 1 aromatic heterocycles. The van der Waals surface area contributed by atoms with Crippen LogP contribution in [-0.2, 0) is 21.4 Å². The Labute approximate surface area is 117 Å². The lowest BCUT2D eigenvalue weighted by Crippen LogP contribution is -2.37. The molecular weight excluding hydrogens is 284 g/mol. The number of aromatic nitrogens is 2. The van der Waals surface area contributed by atoms with Gasteiger partial charge in [0.25, 0.3) is 0 Å². The molecule has 0 aromatic carbocycles. The van der Waals surface area contributed by atoms with Crippen LogP contribution in [0.3, 0.4) is 0 Å². The molecule has 0 radical (unpaired) electrons. The summed E-state index contributed by atoms with van der Waals surface area (Å²) in [6.07, 6.45) is 2.56. The Morgan fingerprint density at radius 3 is 2.65 bits per heavy atom. The topological polar surface area (TPSA) is 105 Å². The molecule has 1 N–H and O–H groups in total. The minimum absolute atomic E-state index is 0.0998. The number of carbonyl (C=O) groups excluding carboxylic acids is 1. The smallest absolute Gasteiger partial charge is 0.246 e. The average Bonchev–Trinajstić information content (AvgIpc) is 2.84. The van der Waals surface area contributed by atoms with Crippen LogP contribution in [0, 0.1) is 0 Å². The fourth-order valence-electron chi connectivity index (χ4n) is 2.15. The second kappa shape index (κ2) is 5.88. The highest BCUT2D eigenvalue weighted by atomic mass is 32.2. The van der Waals surface area contributed by atoms with Gasteiger partial charge >= 0.3 is 0 Å². The van der Waals surface area contributed by atoms with E-state index in [1.807, 2.05) is 0 Å². The fourth-order valence-corrected chi connectivity index (χ4v) is 3.03. The van der Waals surface area contributed by atoms with E-state index in [1.165, 1.54) is 17.5 Å². The lowest BCUT2D eigenvalue weighted by molar-refractivity contribution is -0.119. The lowest BCUT2D eigenvalue weighted by Gasteiger charge is -2.28. The quantitative estimate of drug-likeness (QED) is 0.829. The van der Waals surface area contributed by atoms with Crippen molar-refractivity contribution in [3.8, 4) is 0 Å². The molecule has 112 valence electrons. The van der Waals surface area contributed by atoms with Gasteiger partial charge in [-0.25, -0.2) is 12.7 Å². The third kappa shape index (κ3) is 3.76. The summed E-state index contributed by atoms with van der Waals surface area (Å²) in [5.74, 6) is 0.883. The lowest BCUT2D eigenvalue weighted by atomic mass is 9.98. The van der Waals surface area contributed by atoms with Crippen molar-refractivity contribution in [2.45, 2.75) is 32.2 Å². The molecular formula is C11H18N4O4S. The number of rotatable bonds is 4. The van der Waals surface area contributed by atoms with Crippen molar-refractivity contribution in [1.29, 1.82) is 0 Å². The van der Waals surface area contributed by atoms with Crippen molar-refractivity contribution in [1.82, 2.24) is 19.8 Å². The largest absolute Gasteiger partial charge is 0.347 e. The van der Waals surface area contributed by atoms with E-state index < -0.39 is 10.0 Å². The maximum atomic E-state index is 11.4. The molecule has 8 nitrogen and oxygen atoms in total. The number of nitrogens with one attached hydrogen (secondary N) is 1. The van der Waals surface area contributed by atoms with E-state index in [2.05, 4.69) is 15.5 Å². The highest BCUT2D eigenvalue weighted by molar-refractivity contribution is 7.88. The Kier molecular flexibility index (Phi) is 4.39. The van der Waals surface area contributed by atoms with Crippen molar-refractivity contribution >= 4 is 15.9 Å². The Balaban J connectivity index is 1.92. The first-order valence-electron chi connectivity index (χ1n) is 6.38. The van der Waals surface area contributed by atoms with Gasteiger partial charge in [-0.3, -0.25) is 4.79 Å². The van der Waals surface area contributed by atoms with Crippen LogP contribution in [-0.4, -0.2) is 48.1 Å². The van der Waals surface area contributed by atoms with Crippen molar-refractivity contribution < 1.29 is 17.7 Å². The summed E-state index contributed by atoms with van der Waals surface area (Å²) in [6, 6.07) is 0. The molecule has 20 heavy (non-hydrogen) atoms. The standard InChI is InChI=1S/C11H18N4O4S/c1-8(16)12-7-10-13-11(14-19-10)9-3-5-15(6-4-9)20(2,17)18/h9H,3-7H2,1-2H3,(H,12,16). The number of piperidine rings is 1. The number of hydrogen-bond acceptors (Lipinski definition) is 6. The van der Waals surface area contributed by atoms with Gasteiger partial charge in [-0.1, -0.05) is 5.16 Å². The summed E-state index contributed by atoms with van der Waals surface area (Å²) in [6.45, 7) is 2.57. The first kappa shape index (κ1) is 14.9. The first-order chi connectivity index (χ1) is 9.36. The second-order valence-corrected chi connectivity index (χ2v) is 6.87. The van der Waals surface area contributed by atoms with Crippen LogP contribution in [0.2, 0.25) is 0 Å². The zero-order valence-corrected chi connectivity index (χ0v) is 12.3. The van der Waals surface area contributed by atoms with Crippen LogP contribution in [0.1, 0.15) is 37.4 Å². The summed E-state index contributed by atoms with van der Waals surface area (Å²) in [5, 5.41) is 6.48. The molecule has 0 aliphatic carbocycles. The monoisotopic (exact) mass is 302 g/mol. The van der Waals surface area contributed by atoms with Gasteiger partial charge in [0.1, 0.15) is 0 Å². The van der Waals surface area contributed by atoms with Crippen molar-refractivity contribution in [2.75, 3.05) is 19.3 Å². The maximum Gasteiger partial charge on any atom is 0.246 e. The molecule has 1 amide bonds. The minimum atomic E-state index is -3.12. The minimum Gasteiger partial charge on any atom is -0.347 e. The molecule has 9 heteroatoms. The summed E-state index contributed by atoms with van der Waals surface area (Å²) in [4.78, 5) is 15.0. The van der Waals surface area contributed by atoms with Crippen molar-refractivity contribution in [2.24, 2.45) is 0 Å². The molecule has 0 atom stereocenters. The third-order valence-corrected chi connectivity index (χ3v) is 4.56. The first-order valence-corrected chi connectivity index (χ1v) is 8.23.